The van der Waals surface area contributed by atoms with Gasteiger partial charge in [-0.05, 0) is 58.5 Å². The molecule has 0 nitrogen and oxygen atoms in total. The highest BCUT2D eigenvalue weighted by Gasteiger charge is 2.07. The maximum Gasteiger partial charge on any atom is -0.0172 e. The summed E-state index contributed by atoms with van der Waals surface area (Å²) < 4.78 is 0. The van der Waals surface area contributed by atoms with E-state index in [2.05, 4.69) is 110 Å². The summed E-state index contributed by atoms with van der Waals surface area (Å²) in [5.41, 5.74) is 8.77. The van der Waals surface area contributed by atoms with Crippen LogP contribution in [0.2, 0.25) is 0 Å². The lowest BCUT2D eigenvalue weighted by molar-refractivity contribution is 1.47. The Morgan fingerprint density at radius 1 is 0.360 bits per heavy atom. The standard InChI is InChI=1S/C25H20/c1-19-12-14-22(15-13-19)25-17-23(20-8-4-2-5-9-20)16-24(18-25)21-10-6-3-7-11-21/h2-18H,1H3. The van der Waals surface area contributed by atoms with Gasteiger partial charge in [0.1, 0.15) is 0 Å². The number of hydrogen-bond acceptors (Lipinski definition) is 0. The van der Waals surface area contributed by atoms with Crippen LogP contribution in [0.15, 0.2) is 103 Å². The molecule has 0 aliphatic rings. The number of benzene rings is 4. The van der Waals surface area contributed by atoms with Crippen molar-refractivity contribution in [3.8, 4) is 33.4 Å². The van der Waals surface area contributed by atoms with Crippen LogP contribution in [0.5, 0.6) is 0 Å². The Labute approximate surface area is 149 Å². The van der Waals surface area contributed by atoms with E-state index < -0.39 is 0 Å². The molecular weight excluding hydrogens is 300 g/mol. The zero-order valence-electron chi connectivity index (χ0n) is 14.3. The Hall–Kier alpha value is -3.12. The van der Waals surface area contributed by atoms with Gasteiger partial charge in [0.05, 0.1) is 0 Å². The second kappa shape index (κ2) is 6.78. The van der Waals surface area contributed by atoms with Gasteiger partial charge in [0.2, 0.25) is 0 Å². The van der Waals surface area contributed by atoms with Crippen molar-refractivity contribution in [1.29, 1.82) is 0 Å². The van der Waals surface area contributed by atoms with Crippen molar-refractivity contribution < 1.29 is 0 Å². The highest BCUT2D eigenvalue weighted by Crippen LogP contribution is 2.32. The lowest BCUT2D eigenvalue weighted by atomic mass is 9.93. The van der Waals surface area contributed by atoms with Gasteiger partial charge >= 0.3 is 0 Å². The van der Waals surface area contributed by atoms with Crippen LogP contribution in [-0.4, -0.2) is 0 Å². The molecule has 4 aromatic carbocycles. The van der Waals surface area contributed by atoms with Crippen LogP contribution in [0.1, 0.15) is 5.56 Å². The molecule has 0 saturated carbocycles. The Kier molecular flexibility index (Phi) is 4.18. The molecule has 0 aliphatic carbocycles. The Balaban J connectivity index is 1.90. The average Bonchev–Trinajstić information content (AvgIpc) is 2.69. The SMILES string of the molecule is Cc1ccc(-c2cc(-c3ccccc3)cc(-c3ccccc3)c2)cc1. The molecule has 120 valence electrons. The van der Waals surface area contributed by atoms with Crippen LogP contribution in [0, 0.1) is 6.92 Å². The van der Waals surface area contributed by atoms with E-state index in [1.807, 2.05) is 0 Å². The normalized spacial score (nSPS) is 10.6. The zero-order chi connectivity index (χ0) is 17.1. The Morgan fingerprint density at radius 3 is 1.12 bits per heavy atom. The molecule has 0 unspecified atom stereocenters. The lowest BCUT2D eigenvalue weighted by Gasteiger charge is -2.11. The lowest BCUT2D eigenvalue weighted by Crippen LogP contribution is -1.86. The molecule has 0 aliphatic heterocycles. The fourth-order valence-corrected chi connectivity index (χ4v) is 3.13. The van der Waals surface area contributed by atoms with Crippen LogP contribution in [0.25, 0.3) is 33.4 Å². The van der Waals surface area contributed by atoms with Gasteiger partial charge in [-0.15, -0.1) is 0 Å². The minimum absolute atomic E-state index is 1.24. The molecule has 0 fully saturated rings. The fourth-order valence-electron chi connectivity index (χ4n) is 3.13. The van der Waals surface area contributed by atoms with E-state index >= 15 is 0 Å². The van der Waals surface area contributed by atoms with E-state index in [1.165, 1.54) is 38.9 Å². The van der Waals surface area contributed by atoms with Gasteiger partial charge in [-0.1, -0.05) is 90.5 Å². The van der Waals surface area contributed by atoms with Gasteiger partial charge < -0.3 is 0 Å². The van der Waals surface area contributed by atoms with Gasteiger partial charge in [-0.2, -0.15) is 0 Å². The summed E-state index contributed by atoms with van der Waals surface area (Å²) in [6.45, 7) is 2.12. The Bertz CT molecular complexity index is 908. The summed E-state index contributed by atoms with van der Waals surface area (Å²) in [7, 11) is 0. The first-order valence-electron chi connectivity index (χ1n) is 8.62. The van der Waals surface area contributed by atoms with Crippen molar-refractivity contribution in [2.45, 2.75) is 6.92 Å². The van der Waals surface area contributed by atoms with Crippen molar-refractivity contribution in [3.63, 3.8) is 0 Å². The molecule has 0 N–H and O–H groups in total. The van der Waals surface area contributed by atoms with Gasteiger partial charge in [0, 0.05) is 0 Å². The van der Waals surface area contributed by atoms with E-state index in [9.17, 15) is 0 Å². The molecule has 0 heteroatoms. The summed E-state index contributed by atoms with van der Waals surface area (Å²) >= 11 is 0. The maximum absolute atomic E-state index is 2.28. The quantitative estimate of drug-likeness (QED) is 0.381. The second-order valence-electron chi connectivity index (χ2n) is 6.40. The van der Waals surface area contributed by atoms with Crippen LogP contribution < -0.4 is 0 Å². The number of hydrogen-bond donors (Lipinski definition) is 0. The van der Waals surface area contributed by atoms with E-state index in [4.69, 9.17) is 0 Å². The van der Waals surface area contributed by atoms with Crippen molar-refractivity contribution in [1.82, 2.24) is 0 Å². The molecule has 4 aromatic rings. The third kappa shape index (κ3) is 3.39. The fraction of sp³-hybridized carbons (Fsp3) is 0.0400. The number of rotatable bonds is 3. The second-order valence-corrected chi connectivity index (χ2v) is 6.40. The van der Waals surface area contributed by atoms with Crippen molar-refractivity contribution in [2.24, 2.45) is 0 Å². The third-order valence-electron chi connectivity index (χ3n) is 4.53. The topological polar surface area (TPSA) is 0 Å². The van der Waals surface area contributed by atoms with Crippen LogP contribution in [-0.2, 0) is 0 Å². The summed E-state index contributed by atoms with van der Waals surface area (Å²) in [5, 5.41) is 0. The van der Waals surface area contributed by atoms with Crippen LogP contribution >= 0.6 is 0 Å². The molecule has 0 heterocycles. The first kappa shape index (κ1) is 15.4. The van der Waals surface area contributed by atoms with Crippen LogP contribution in [0.3, 0.4) is 0 Å². The van der Waals surface area contributed by atoms with Gasteiger partial charge in [-0.3, -0.25) is 0 Å². The van der Waals surface area contributed by atoms with Crippen molar-refractivity contribution in [2.75, 3.05) is 0 Å². The Morgan fingerprint density at radius 2 is 0.720 bits per heavy atom. The molecule has 0 aromatic heterocycles. The smallest absolute Gasteiger partial charge is 0.0172 e. The summed E-state index contributed by atoms with van der Waals surface area (Å²) in [6.07, 6.45) is 0. The zero-order valence-corrected chi connectivity index (χ0v) is 14.3. The van der Waals surface area contributed by atoms with E-state index in [0.717, 1.165) is 0 Å². The first-order chi connectivity index (χ1) is 12.3. The molecular formula is C25H20. The van der Waals surface area contributed by atoms with Crippen molar-refractivity contribution in [3.05, 3.63) is 109 Å². The highest BCUT2D eigenvalue weighted by atomic mass is 14.1. The molecule has 25 heavy (non-hydrogen) atoms. The third-order valence-corrected chi connectivity index (χ3v) is 4.53. The number of aryl methyl sites for hydroxylation is 1. The molecule has 0 radical (unpaired) electrons. The predicted molar refractivity (Wildman–Crippen MR) is 107 cm³/mol. The molecule has 4 rings (SSSR count). The molecule has 0 spiro atoms. The molecule has 0 atom stereocenters. The van der Waals surface area contributed by atoms with E-state index in [-0.39, 0.29) is 0 Å². The maximum atomic E-state index is 2.28. The summed E-state index contributed by atoms with van der Waals surface area (Å²) in [6, 6.07) is 36.8. The molecule has 0 saturated heterocycles. The van der Waals surface area contributed by atoms with Gasteiger partial charge in [0.25, 0.3) is 0 Å². The summed E-state index contributed by atoms with van der Waals surface area (Å²) in [5.74, 6) is 0. The minimum Gasteiger partial charge on any atom is -0.0622 e. The van der Waals surface area contributed by atoms with Gasteiger partial charge in [0.15, 0.2) is 0 Å². The van der Waals surface area contributed by atoms with Crippen molar-refractivity contribution >= 4 is 0 Å². The first-order valence-corrected chi connectivity index (χ1v) is 8.62. The van der Waals surface area contributed by atoms with E-state index in [0.29, 0.717) is 0 Å². The minimum atomic E-state index is 1.24. The largest absolute Gasteiger partial charge is 0.0622 e. The van der Waals surface area contributed by atoms with Crippen LogP contribution in [0.4, 0.5) is 0 Å². The molecule has 0 bridgehead atoms. The monoisotopic (exact) mass is 320 g/mol. The predicted octanol–water partition coefficient (Wildman–Crippen LogP) is 7.00. The summed E-state index contributed by atoms with van der Waals surface area (Å²) in [4.78, 5) is 0. The molecule has 0 amide bonds. The highest BCUT2D eigenvalue weighted by molar-refractivity contribution is 5.81. The van der Waals surface area contributed by atoms with Gasteiger partial charge in [-0.25, -0.2) is 0 Å². The van der Waals surface area contributed by atoms with E-state index in [1.54, 1.807) is 0 Å². The average molecular weight is 320 g/mol.